The van der Waals surface area contributed by atoms with Gasteiger partial charge in [0.05, 0.1) is 0 Å². The van der Waals surface area contributed by atoms with Crippen LogP contribution in [0.1, 0.15) is 18.9 Å². The summed E-state index contributed by atoms with van der Waals surface area (Å²) < 4.78 is 6.78. The second-order valence-corrected chi connectivity index (χ2v) is 5.78. The van der Waals surface area contributed by atoms with E-state index in [4.69, 9.17) is 4.42 Å². The first-order valence-electron chi connectivity index (χ1n) is 6.95. The summed E-state index contributed by atoms with van der Waals surface area (Å²) in [6.45, 7) is 2.18. The Morgan fingerprint density at radius 3 is 1.90 bits per heavy atom. The minimum Gasteiger partial charge on any atom is -0.416 e. The maximum atomic E-state index is 5.76. The molecule has 3 nitrogen and oxygen atoms in total. The summed E-state index contributed by atoms with van der Waals surface area (Å²) in [5.74, 6) is 1.09. The van der Waals surface area contributed by atoms with Crippen molar-refractivity contribution in [2.75, 3.05) is 0 Å². The maximum absolute atomic E-state index is 5.76. The van der Waals surface area contributed by atoms with Gasteiger partial charge in [0.25, 0.3) is 0 Å². The molecular formula is C17H15BrN2O. The molecule has 1 heterocycles. The summed E-state index contributed by atoms with van der Waals surface area (Å²) in [6, 6.07) is 16.1. The van der Waals surface area contributed by atoms with Crippen LogP contribution in [0.3, 0.4) is 0 Å². The number of aryl methyl sites for hydroxylation is 1. The Kier molecular flexibility index (Phi) is 4.15. The number of halogens is 1. The van der Waals surface area contributed by atoms with E-state index in [9.17, 15) is 0 Å². The zero-order valence-corrected chi connectivity index (χ0v) is 13.3. The third-order valence-electron chi connectivity index (χ3n) is 3.26. The van der Waals surface area contributed by atoms with Gasteiger partial charge in [-0.3, -0.25) is 0 Å². The predicted octanol–water partition coefficient (Wildman–Crippen LogP) is 5.12. The van der Waals surface area contributed by atoms with Gasteiger partial charge in [-0.2, -0.15) is 0 Å². The second kappa shape index (κ2) is 6.22. The molecule has 3 rings (SSSR count). The molecule has 0 saturated carbocycles. The molecule has 0 amide bonds. The van der Waals surface area contributed by atoms with Gasteiger partial charge in [0.15, 0.2) is 0 Å². The van der Waals surface area contributed by atoms with E-state index in [1.165, 1.54) is 5.56 Å². The zero-order chi connectivity index (χ0) is 14.7. The Balaban J connectivity index is 1.85. The van der Waals surface area contributed by atoms with Crippen LogP contribution >= 0.6 is 15.9 Å². The van der Waals surface area contributed by atoms with Crippen molar-refractivity contribution < 1.29 is 4.42 Å². The standard InChI is InChI=1S/C17H15BrN2O/c1-2-3-12-4-6-13(7-5-12)16-19-20-17(21-16)14-8-10-15(18)11-9-14/h4-11H,2-3H2,1H3. The molecule has 2 aromatic carbocycles. The van der Waals surface area contributed by atoms with E-state index in [0.29, 0.717) is 11.8 Å². The fourth-order valence-corrected chi connectivity index (χ4v) is 2.42. The molecule has 0 spiro atoms. The first-order valence-corrected chi connectivity index (χ1v) is 7.74. The van der Waals surface area contributed by atoms with E-state index in [-0.39, 0.29) is 0 Å². The molecule has 0 aliphatic heterocycles. The van der Waals surface area contributed by atoms with Crippen molar-refractivity contribution in [3.8, 4) is 22.9 Å². The van der Waals surface area contributed by atoms with Gasteiger partial charge in [0.2, 0.25) is 11.8 Å². The molecule has 21 heavy (non-hydrogen) atoms. The summed E-state index contributed by atoms with van der Waals surface area (Å²) in [4.78, 5) is 0. The highest BCUT2D eigenvalue weighted by atomic mass is 79.9. The van der Waals surface area contributed by atoms with Crippen LogP contribution in [0, 0.1) is 0 Å². The molecule has 4 heteroatoms. The molecule has 0 fully saturated rings. The molecule has 0 aliphatic carbocycles. The number of benzene rings is 2. The normalized spacial score (nSPS) is 10.8. The monoisotopic (exact) mass is 342 g/mol. The third-order valence-corrected chi connectivity index (χ3v) is 3.78. The second-order valence-electron chi connectivity index (χ2n) is 4.87. The van der Waals surface area contributed by atoms with Crippen molar-refractivity contribution >= 4 is 15.9 Å². The number of hydrogen-bond donors (Lipinski definition) is 0. The Hall–Kier alpha value is -1.94. The van der Waals surface area contributed by atoms with Crippen molar-refractivity contribution in [1.82, 2.24) is 10.2 Å². The van der Waals surface area contributed by atoms with Crippen molar-refractivity contribution in [1.29, 1.82) is 0 Å². The van der Waals surface area contributed by atoms with E-state index in [1.807, 2.05) is 36.4 Å². The lowest BCUT2D eigenvalue weighted by Gasteiger charge is -1.99. The lowest BCUT2D eigenvalue weighted by Crippen LogP contribution is -1.83. The fraction of sp³-hybridized carbons (Fsp3) is 0.176. The van der Waals surface area contributed by atoms with Crippen molar-refractivity contribution in [3.63, 3.8) is 0 Å². The van der Waals surface area contributed by atoms with Gasteiger partial charge in [-0.25, -0.2) is 0 Å². The molecule has 0 aliphatic rings. The van der Waals surface area contributed by atoms with Crippen LogP contribution in [0.2, 0.25) is 0 Å². The van der Waals surface area contributed by atoms with Crippen LogP contribution in [-0.4, -0.2) is 10.2 Å². The van der Waals surface area contributed by atoms with Crippen molar-refractivity contribution in [3.05, 3.63) is 58.6 Å². The summed E-state index contributed by atoms with van der Waals surface area (Å²) in [5.41, 5.74) is 3.19. The van der Waals surface area contributed by atoms with Crippen LogP contribution in [0.15, 0.2) is 57.4 Å². The molecule has 1 aromatic heterocycles. The molecular weight excluding hydrogens is 328 g/mol. The smallest absolute Gasteiger partial charge is 0.248 e. The highest BCUT2D eigenvalue weighted by Gasteiger charge is 2.10. The first-order chi connectivity index (χ1) is 10.3. The number of aromatic nitrogens is 2. The van der Waals surface area contributed by atoms with Gasteiger partial charge in [-0.15, -0.1) is 10.2 Å². The molecule has 106 valence electrons. The maximum Gasteiger partial charge on any atom is 0.248 e. The van der Waals surface area contributed by atoms with Gasteiger partial charge in [-0.05, 0) is 48.4 Å². The largest absolute Gasteiger partial charge is 0.416 e. The van der Waals surface area contributed by atoms with E-state index in [2.05, 4.69) is 45.2 Å². The van der Waals surface area contributed by atoms with Gasteiger partial charge < -0.3 is 4.42 Å². The highest BCUT2D eigenvalue weighted by Crippen LogP contribution is 2.25. The van der Waals surface area contributed by atoms with Gasteiger partial charge in [0, 0.05) is 15.6 Å². The molecule has 0 atom stereocenters. The zero-order valence-electron chi connectivity index (χ0n) is 11.7. The Bertz CT molecular complexity index is 717. The topological polar surface area (TPSA) is 38.9 Å². The van der Waals surface area contributed by atoms with Gasteiger partial charge in [-0.1, -0.05) is 41.4 Å². The highest BCUT2D eigenvalue weighted by molar-refractivity contribution is 9.10. The average Bonchev–Trinajstić information content (AvgIpc) is 2.99. The van der Waals surface area contributed by atoms with Gasteiger partial charge in [0.1, 0.15) is 0 Å². The minimum absolute atomic E-state index is 0.537. The van der Waals surface area contributed by atoms with E-state index in [1.54, 1.807) is 0 Å². The predicted molar refractivity (Wildman–Crippen MR) is 86.9 cm³/mol. The molecule has 3 aromatic rings. The van der Waals surface area contributed by atoms with Crippen LogP contribution in [0.25, 0.3) is 22.9 Å². The van der Waals surface area contributed by atoms with Gasteiger partial charge >= 0.3 is 0 Å². The van der Waals surface area contributed by atoms with Crippen LogP contribution in [0.4, 0.5) is 0 Å². The van der Waals surface area contributed by atoms with Crippen LogP contribution in [-0.2, 0) is 6.42 Å². The lowest BCUT2D eigenvalue weighted by molar-refractivity contribution is 0.584. The van der Waals surface area contributed by atoms with E-state index < -0.39 is 0 Å². The third kappa shape index (κ3) is 3.22. The number of hydrogen-bond acceptors (Lipinski definition) is 3. The molecule has 0 N–H and O–H groups in total. The quantitative estimate of drug-likeness (QED) is 0.660. The number of nitrogens with zero attached hydrogens (tertiary/aromatic N) is 2. The average molecular weight is 343 g/mol. The van der Waals surface area contributed by atoms with Crippen LogP contribution < -0.4 is 0 Å². The molecule has 0 saturated heterocycles. The van der Waals surface area contributed by atoms with E-state index in [0.717, 1.165) is 28.4 Å². The van der Waals surface area contributed by atoms with Crippen molar-refractivity contribution in [2.24, 2.45) is 0 Å². The van der Waals surface area contributed by atoms with Crippen LogP contribution in [0.5, 0.6) is 0 Å². The first kappa shape index (κ1) is 14.0. The molecule has 0 radical (unpaired) electrons. The number of rotatable bonds is 4. The summed E-state index contributed by atoms with van der Waals surface area (Å²) in [5, 5.41) is 8.25. The minimum atomic E-state index is 0.537. The Labute approximate surface area is 132 Å². The lowest BCUT2D eigenvalue weighted by atomic mass is 10.1. The Morgan fingerprint density at radius 1 is 0.857 bits per heavy atom. The SMILES string of the molecule is CCCc1ccc(-c2nnc(-c3ccc(Br)cc3)o2)cc1. The fourth-order valence-electron chi connectivity index (χ4n) is 2.15. The molecule has 0 bridgehead atoms. The summed E-state index contributed by atoms with van der Waals surface area (Å²) in [7, 11) is 0. The van der Waals surface area contributed by atoms with Crippen molar-refractivity contribution in [2.45, 2.75) is 19.8 Å². The summed E-state index contributed by atoms with van der Waals surface area (Å²) in [6.07, 6.45) is 2.24. The van der Waals surface area contributed by atoms with E-state index >= 15 is 0 Å². The molecule has 0 unspecified atom stereocenters. The summed E-state index contributed by atoms with van der Waals surface area (Å²) >= 11 is 3.41. The Morgan fingerprint density at radius 2 is 1.38 bits per heavy atom.